The lowest BCUT2D eigenvalue weighted by Crippen LogP contribution is -3.11. The van der Waals surface area contributed by atoms with E-state index in [2.05, 4.69) is 10.3 Å². The first-order valence-corrected chi connectivity index (χ1v) is 10.4. The number of methoxy groups -OCH3 is 1. The molecule has 2 N–H and O–H groups in total. The van der Waals surface area contributed by atoms with Crippen molar-refractivity contribution in [3.63, 3.8) is 0 Å². The molecular formula is C22H25FN5O3+. The number of anilines is 1. The first-order valence-electron chi connectivity index (χ1n) is 10.4. The first kappa shape index (κ1) is 19.8. The van der Waals surface area contributed by atoms with Crippen LogP contribution in [0.1, 0.15) is 18.5 Å². The normalized spacial score (nSPS) is 21.3. The van der Waals surface area contributed by atoms with E-state index in [1.165, 1.54) is 12.6 Å². The number of rotatable bonds is 5. The Kier molecular flexibility index (Phi) is 5.21. The average molecular weight is 426 g/mol. The number of quaternary nitrogens is 1. The largest absolute Gasteiger partial charge is 0.496 e. The molecule has 162 valence electrons. The molecule has 9 heteroatoms. The van der Waals surface area contributed by atoms with E-state index < -0.39 is 0 Å². The number of hydrogen-bond donors (Lipinski definition) is 2. The van der Waals surface area contributed by atoms with Gasteiger partial charge in [-0.1, -0.05) is 4.48 Å². The molecule has 0 bridgehead atoms. The number of nitrogens with zero attached hydrogens (tertiary/aromatic N) is 3. The molecule has 1 saturated heterocycles. The van der Waals surface area contributed by atoms with E-state index in [9.17, 15) is 4.48 Å². The van der Waals surface area contributed by atoms with Crippen LogP contribution in [0.3, 0.4) is 0 Å². The van der Waals surface area contributed by atoms with Gasteiger partial charge in [-0.3, -0.25) is 0 Å². The maximum Gasteiger partial charge on any atom is 0.258 e. The highest BCUT2D eigenvalue weighted by molar-refractivity contribution is 5.96. The second-order valence-corrected chi connectivity index (χ2v) is 7.85. The Balaban J connectivity index is 1.41. The van der Waals surface area contributed by atoms with Crippen molar-refractivity contribution < 1.29 is 23.3 Å². The molecule has 0 saturated carbocycles. The van der Waals surface area contributed by atoms with Crippen molar-refractivity contribution in [3.8, 4) is 17.1 Å². The van der Waals surface area contributed by atoms with E-state index in [1.54, 1.807) is 7.11 Å². The van der Waals surface area contributed by atoms with Crippen molar-refractivity contribution in [1.82, 2.24) is 10.1 Å². The van der Waals surface area contributed by atoms with Gasteiger partial charge in [-0.25, -0.2) is 9.88 Å². The van der Waals surface area contributed by atoms with Gasteiger partial charge in [0.2, 0.25) is 0 Å². The number of aliphatic imine (C=N–C) groups is 1. The van der Waals surface area contributed by atoms with E-state index in [-0.39, 0.29) is 6.67 Å². The summed E-state index contributed by atoms with van der Waals surface area (Å²) in [4.78, 5) is 9.90. The third-order valence-corrected chi connectivity index (χ3v) is 5.82. The van der Waals surface area contributed by atoms with Gasteiger partial charge < -0.3 is 19.2 Å². The van der Waals surface area contributed by atoms with Crippen LogP contribution in [0.5, 0.6) is 5.75 Å². The molecule has 0 spiro atoms. The number of halogens is 1. The number of fused-ring (bicyclic) bond motifs is 1. The number of aryl methyl sites for hydroxylation is 1. The Bertz CT molecular complexity index is 1070. The van der Waals surface area contributed by atoms with Gasteiger partial charge >= 0.3 is 0 Å². The van der Waals surface area contributed by atoms with Crippen LogP contribution in [0.25, 0.3) is 11.3 Å². The zero-order valence-corrected chi connectivity index (χ0v) is 17.5. The molecule has 1 fully saturated rings. The standard InChI is InChI=1S/C22H24FN5O3/c1-14-21(31-12-24-14)17-4-3-16(9-20(17)29-2)25-19-11-28(23)13-27-10-18(26-22(19)27)15-5-7-30-8-6-15/h3-4,9-12,15,25H,5-8,13H2,1-2H3/p+1. The summed E-state index contributed by atoms with van der Waals surface area (Å²) in [6, 6.07) is 5.66. The summed E-state index contributed by atoms with van der Waals surface area (Å²) in [5.41, 5.74) is 3.99. The van der Waals surface area contributed by atoms with Crippen molar-refractivity contribution in [2.24, 2.45) is 10.9 Å². The predicted molar refractivity (Wildman–Crippen MR) is 113 cm³/mol. The molecule has 0 aliphatic carbocycles. The van der Waals surface area contributed by atoms with Crippen LogP contribution in [-0.2, 0) is 4.74 Å². The summed E-state index contributed by atoms with van der Waals surface area (Å²) in [6.07, 6.45) is 6.79. The van der Waals surface area contributed by atoms with Gasteiger partial charge in [0.05, 0.1) is 24.6 Å². The fourth-order valence-corrected chi connectivity index (χ4v) is 4.21. The number of amidine groups is 1. The van der Waals surface area contributed by atoms with E-state index in [0.29, 0.717) is 28.2 Å². The van der Waals surface area contributed by atoms with Crippen LogP contribution < -0.4 is 15.0 Å². The number of hydrogen-bond acceptors (Lipinski definition) is 7. The number of ether oxygens (including phenoxy) is 2. The average Bonchev–Trinajstić information content (AvgIpc) is 3.40. The highest BCUT2D eigenvalue weighted by atomic mass is 19.2. The van der Waals surface area contributed by atoms with Gasteiger partial charge in [-0.15, -0.1) is 0 Å². The van der Waals surface area contributed by atoms with Crippen molar-refractivity contribution in [2.45, 2.75) is 19.8 Å². The quantitative estimate of drug-likeness (QED) is 0.716. The summed E-state index contributed by atoms with van der Waals surface area (Å²) in [5.74, 6) is 2.45. The van der Waals surface area contributed by atoms with Crippen LogP contribution in [-0.4, -0.2) is 42.9 Å². The number of benzene rings is 1. The summed E-state index contributed by atoms with van der Waals surface area (Å²) in [7, 11) is 1.61. The van der Waals surface area contributed by atoms with E-state index in [0.717, 1.165) is 59.4 Å². The molecule has 3 aliphatic rings. The van der Waals surface area contributed by atoms with Crippen molar-refractivity contribution in [3.05, 3.63) is 54.1 Å². The summed E-state index contributed by atoms with van der Waals surface area (Å²) in [6.45, 7) is 3.57. The fourth-order valence-electron chi connectivity index (χ4n) is 4.21. The second kappa shape index (κ2) is 8.16. The van der Waals surface area contributed by atoms with Crippen LogP contribution in [0.2, 0.25) is 0 Å². The zero-order chi connectivity index (χ0) is 21.4. The minimum atomic E-state index is 0.198. The lowest BCUT2D eigenvalue weighted by atomic mass is 9.97. The Hall–Kier alpha value is -3.17. The highest BCUT2D eigenvalue weighted by Gasteiger charge is 2.36. The topological polar surface area (TPSA) is 76.6 Å². The van der Waals surface area contributed by atoms with Gasteiger partial charge in [0.15, 0.2) is 18.8 Å². The molecule has 1 aromatic heterocycles. The number of aromatic nitrogens is 1. The lowest BCUT2D eigenvalue weighted by molar-refractivity contribution is -0.764. The maximum absolute atomic E-state index is 14.3. The summed E-state index contributed by atoms with van der Waals surface area (Å²) < 4.78 is 30.9. The molecule has 4 heterocycles. The van der Waals surface area contributed by atoms with Gasteiger partial charge in [-0.2, -0.15) is 10.1 Å². The summed E-state index contributed by atoms with van der Waals surface area (Å²) in [5, 5.41) is 4.00. The summed E-state index contributed by atoms with van der Waals surface area (Å²) >= 11 is 0. The van der Waals surface area contributed by atoms with Crippen molar-refractivity contribution in [1.29, 1.82) is 0 Å². The number of allylic oxidation sites excluding steroid dienone is 1. The predicted octanol–water partition coefficient (Wildman–Crippen LogP) is 2.63. The van der Waals surface area contributed by atoms with Crippen molar-refractivity contribution in [2.75, 3.05) is 32.3 Å². The highest BCUT2D eigenvalue weighted by Crippen LogP contribution is 2.34. The Morgan fingerprint density at radius 3 is 2.87 bits per heavy atom. The second-order valence-electron chi connectivity index (χ2n) is 7.85. The molecule has 3 aliphatic heterocycles. The molecule has 1 aromatic carbocycles. The molecule has 1 atom stereocenters. The Labute approximate surface area is 179 Å². The SMILES string of the molecule is COc1cc(NC2=CN(F)C[NH+]3C=C(C4CCOCC4)N=C23)ccc1-c1ocnc1C. The molecule has 5 rings (SSSR count). The van der Waals surface area contributed by atoms with Crippen LogP contribution >= 0.6 is 0 Å². The van der Waals surface area contributed by atoms with Crippen LogP contribution in [0, 0.1) is 12.8 Å². The monoisotopic (exact) mass is 426 g/mol. The Morgan fingerprint density at radius 1 is 1.29 bits per heavy atom. The lowest BCUT2D eigenvalue weighted by Gasteiger charge is -2.24. The molecule has 31 heavy (non-hydrogen) atoms. The van der Waals surface area contributed by atoms with E-state index in [1.807, 2.05) is 31.3 Å². The zero-order valence-electron chi connectivity index (χ0n) is 17.5. The third kappa shape index (κ3) is 3.82. The van der Waals surface area contributed by atoms with Gasteiger partial charge in [-0.05, 0) is 31.9 Å². The van der Waals surface area contributed by atoms with Crippen molar-refractivity contribution >= 4 is 11.5 Å². The molecular weight excluding hydrogens is 401 g/mol. The van der Waals surface area contributed by atoms with Gasteiger partial charge in [0.1, 0.15) is 23.3 Å². The van der Waals surface area contributed by atoms with Gasteiger partial charge in [0, 0.05) is 30.9 Å². The molecule has 0 amide bonds. The maximum atomic E-state index is 14.3. The molecule has 0 radical (unpaired) electrons. The molecule has 2 aromatic rings. The first-order chi connectivity index (χ1) is 15.1. The number of nitrogens with one attached hydrogen (secondary N) is 2. The minimum Gasteiger partial charge on any atom is -0.496 e. The number of oxazole rings is 1. The van der Waals surface area contributed by atoms with E-state index >= 15 is 0 Å². The third-order valence-electron chi connectivity index (χ3n) is 5.82. The van der Waals surface area contributed by atoms with Crippen LogP contribution in [0.4, 0.5) is 10.2 Å². The van der Waals surface area contributed by atoms with E-state index in [4.69, 9.17) is 18.9 Å². The molecule has 8 nitrogen and oxygen atoms in total. The van der Waals surface area contributed by atoms with Crippen LogP contribution in [0.15, 0.2) is 57.8 Å². The minimum absolute atomic E-state index is 0.198. The smallest absolute Gasteiger partial charge is 0.258 e. The molecule has 1 unspecified atom stereocenters. The fraction of sp³-hybridized carbons (Fsp3) is 0.364. The Morgan fingerprint density at radius 2 is 2.13 bits per heavy atom. The van der Waals surface area contributed by atoms with Gasteiger partial charge in [0.25, 0.3) is 5.84 Å².